The van der Waals surface area contributed by atoms with E-state index in [0.717, 1.165) is 49.8 Å². The number of rotatable bonds is 7. The summed E-state index contributed by atoms with van der Waals surface area (Å²) < 4.78 is 10.9. The van der Waals surface area contributed by atoms with Crippen molar-refractivity contribution in [2.75, 3.05) is 19.0 Å². The Bertz CT molecular complexity index is 878. The lowest BCUT2D eigenvalue weighted by Gasteiger charge is -2.36. The average molecular weight is 392 g/mol. The van der Waals surface area contributed by atoms with Gasteiger partial charge in [-0.1, -0.05) is 38.3 Å². The topological polar surface area (TPSA) is 71.3 Å². The number of ether oxygens (including phenoxy) is 2. The summed E-state index contributed by atoms with van der Waals surface area (Å²) in [6.07, 6.45) is 5.64. The first-order valence-electron chi connectivity index (χ1n) is 10.3. The number of hydrogen-bond donors (Lipinski definition) is 1. The molecule has 0 radical (unpaired) electrons. The van der Waals surface area contributed by atoms with Gasteiger partial charge in [-0.15, -0.1) is 0 Å². The van der Waals surface area contributed by atoms with Crippen LogP contribution in [-0.2, 0) is 10.2 Å². The largest absolute Gasteiger partial charge is 0.497 e. The van der Waals surface area contributed by atoms with Crippen LogP contribution in [0.2, 0.25) is 0 Å². The fraction of sp³-hybridized carbons (Fsp3) is 0.417. The highest BCUT2D eigenvalue weighted by molar-refractivity contribution is 6.00. The number of nitrogens with zero attached hydrogens (tertiary/aromatic N) is 1. The van der Waals surface area contributed by atoms with Crippen LogP contribution in [0.25, 0.3) is 0 Å². The normalized spacial score (nSPS) is 15.2. The van der Waals surface area contributed by atoms with Crippen molar-refractivity contribution in [1.82, 2.24) is 0 Å². The lowest BCUT2D eigenvalue weighted by molar-refractivity contribution is -0.122. The second-order valence-electron chi connectivity index (χ2n) is 7.49. The quantitative estimate of drug-likeness (QED) is 0.703. The lowest BCUT2D eigenvalue weighted by Crippen LogP contribution is -2.42. The van der Waals surface area contributed by atoms with Gasteiger partial charge in [-0.25, -0.2) is 0 Å². The number of amides is 1. The Morgan fingerprint density at radius 3 is 2.41 bits per heavy atom. The molecule has 1 fully saturated rings. The van der Waals surface area contributed by atoms with Crippen molar-refractivity contribution < 1.29 is 14.3 Å². The Morgan fingerprint density at radius 2 is 1.79 bits per heavy atom. The summed E-state index contributed by atoms with van der Waals surface area (Å²) >= 11 is 0. The van der Waals surface area contributed by atoms with Gasteiger partial charge in [0.25, 0.3) is 0 Å². The molecule has 0 atom stereocenters. The van der Waals surface area contributed by atoms with Gasteiger partial charge in [0.05, 0.1) is 30.4 Å². The molecule has 1 saturated carbocycles. The van der Waals surface area contributed by atoms with E-state index in [1.54, 1.807) is 25.3 Å². The SMILES string of the molecule is CCCOc1ccc(NC(=O)C2(c3ccc(OC)cc3)CCCCC2)c(C#N)c1. The Kier molecular flexibility index (Phi) is 6.77. The lowest BCUT2D eigenvalue weighted by atomic mass is 9.68. The zero-order valence-corrected chi connectivity index (χ0v) is 17.2. The minimum atomic E-state index is -0.589. The van der Waals surface area contributed by atoms with Gasteiger partial charge in [-0.05, 0) is 55.2 Å². The van der Waals surface area contributed by atoms with Gasteiger partial charge in [0, 0.05) is 0 Å². The van der Waals surface area contributed by atoms with E-state index in [-0.39, 0.29) is 5.91 Å². The molecule has 29 heavy (non-hydrogen) atoms. The third-order valence-electron chi connectivity index (χ3n) is 5.62. The van der Waals surface area contributed by atoms with Crippen LogP contribution in [0.4, 0.5) is 5.69 Å². The molecule has 3 rings (SSSR count). The van der Waals surface area contributed by atoms with Crippen molar-refractivity contribution in [3.8, 4) is 17.6 Å². The maximum absolute atomic E-state index is 13.5. The van der Waals surface area contributed by atoms with Gasteiger partial charge in [0.2, 0.25) is 5.91 Å². The number of nitrogens with one attached hydrogen (secondary N) is 1. The monoisotopic (exact) mass is 392 g/mol. The van der Waals surface area contributed by atoms with Crippen LogP contribution in [-0.4, -0.2) is 19.6 Å². The van der Waals surface area contributed by atoms with E-state index >= 15 is 0 Å². The van der Waals surface area contributed by atoms with Gasteiger partial charge in [-0.2, -0.15) is 5.26 Å². The zero-order chi connectivity index (χ0) is 20.7. The molecule has 5 heteroatoms. The van der Waals surface area contributed by atoms with E-state index in [0.29, 0.717) is 23.6 Å². The predicted molar refractivity (Wildman–Crippen MR) is 113 cm³/mol. The second-order valence-corrected chi connectivity index (χ2v) is 7.49. The van der Waals surface area contributed by atoms with E-state index in [4.69, 9.17) is 9.47 Å². The molecule has 0 aromatic heterocycles. The fourth-order valence-electron chi connectivity index (χ4n) is 3.99. The standard InChI is InChI=1S/C24H28N2O3/c1-3-15-29-21-11-12-22(18(16-21)17-25)26-23(27)24(13-5-4-6-14-24)19-7-9-20(28-2)10-8-19/h7-12,16H,3-6,13-15H2,1-2H3,(H,26,27). The summed E-state index contributed by atoms with van der Waals surface area (Å²) in [5.74, 6) is 1.36. The minimum Gasteiger partial charge on any atom is -0.497 e. The minimum absolute atomic E-state index is 0.0545. The highest BCUT2D eigenvalue weighted by Gasteiger charge is 2.41. The van der Waals surface area contributed by atoms with E-state index in [1.807, 2.05) is 31.2 Å². The van der Waals surface area contributed by atoms with Gasteiger partial charge < -0.3 is 14.8 Å². The number of anilines is 1. The van der Waals surface area contributed by atoms with E-state index < -0.39 is 5.41 Å². The van der Waals surface area contributed by atoms with Gasteiger partial charge in [-0.3, -0.25) is 4.79 Å². The molecule has 0 aliphatic heterocycles. The summed E-state index contributed by atoms with van der Waals surface area (Å²) in [7, 11) is 1.63. The molecule has 2 aromatic rings. The first kappa shape index (κ1) is 20.7. The fourth-order valence-corrected chi connectivity index (χ4v) is 3.99. The van der Waals surface area contributed by atoms with Crippen LogP contribution in [0.1, 0.15) is 56.6 Å². The molecule has 0 heterocycles. The summed E-state index contributed by atoms with van der Waals surface area (Å²) in [6, 6.07) is 15.2. The van der Waals surface area contributed by atoms with Crippen molar-refractivity contribution >= 4 is 11.6 Å². The van der Waals surface area contributed by atoms with Crippen LogP contribution >= 0.6 is 0 Å². The third kappa shape index (κ3) is 4.54. The number of nitriles is 1. The third-order valence-corrected chi connectivity index (χ3v) is 5.62. The number of carbonyl (C=O) groups excluding carboxylic acids is 1. The molecule has 1 N–H and O–H groups in total. The maximum atomic E-state index is 13.5. The number of methoxy groups -OCH3 is 1. The van der Waals surface area contributed by atoms with Crippen LogP contribution in [0.5, 0.6) is 11.5 Å². The van der Waals surface area contributed by atoms with Crippen LogP contribution in [0, 0.1) is 11.3 Å². The van der Waals surface area contributed by atoms with Crippen molar-refractivity contribution in [1.29, 1.82) is 5.26 Å². The molecule has 2 aromatic carbocycles. The molecular weight excluding hydrogens is 364 g/mol. The average Bonchev–Trinajstić information content (AvgIpc) is 2.78. The molecule has 0 saturated heterocycles. The van der Waals surface area contributed by atoms with E-state index in [9.17, 15) is 10.1 Å². The molecule has 1 amide bonds. The van der Waals surface area contributed by atoms with Gasteiger partial charge in [0.15, 0.2) is 0 Å². The molecule has 0 spiro atoms. The summed E-state index contributed by atoms with van der Waals surface area (Å²) in [5.41, 5.74) is 1.35. The second kappa shape index (κ2) is 9.47. The number of hydrogen-bond acceptors (Lipinski definition) is 4. The Hall–Kier alpha value is -3.00. The Morgan fingerprint density at radius 1 is 1.10 bits per heavy atom. The molecule has 0 bridgehead atoms. The van der Waals surface area contributed by atoms with Crippen molar-refractivity contribution in [3.63, 3.8) is 0 Å². The van der Waals surface area contributed by atoms with Crippen LogP contribution in [0.3, 0.4) is 0 Å². The maximum Gasteiger partial charge on any atom is 0.235 e. The Balaban J connectivity index is 1.88. The van der Waals surface area contributed by atoms with E-state index in [1.165, 1.54) is 0 Å². The number of benzene rings is 2. The summed E-state index contributed by atoms with van der Waals surface area (Å²) in [6.45, 7) is 2.62. The molecular formula is C24H28N2O3. The predicted octanol–water partition coefficient (Wildman–Crippen LogP) is 5.20. The molecule has 0 unspecified atom stereocenters. The van der Waals surface area contributed by atoms with E-state index in [2.05, 4.69) is 11.4 Å². The van der Waals surface area contributed by atoms with Crippen LogP contribution in [0.15, 0.2) is 42.5 Å². The number of carbonyl (C=O) groups is 1. The first-order valence-corrected chi connectivity index (χ1v) is 10.3. The van der Waals surface area contributed by atoms with Gasteiger partial charge in [0.1, 0.15) is 17.6 Å². The molecule has 1 aliphatic carbocycles. The first-order chi connectivity index (χ1) is 14.1. The highest BCUT2D eigenvalue weighted by Crippen LogP contribution is 2.41. The van der Waals surface area contributed by atoms with Crippen molar-refractivity contribution in [2.45, 2.75) is 50.9 Å². The summed E-state index contributed by atoms with van der Waals surface area (Å²) in [4.78, 5) is 13.5. The van der Waals surface area contributed by atoms with Crippen molar-refractivity contribution in [3.05, 3.63) is 53.6 Å². The van der Waals surface area contributed by atoms with Crippen molar-refractivity contribution in [2.24, 2.45) is 0 Å². The van der Waals surface area contributed by atoms with Crippen LogP contribution < -0.4 is 14.8 Å². The summed E-state index contributed by atoms with van der Waals surface area (Å²) in [5, 5.41) is 12.6. The Labute approximate surface area is 172 Å². The smallest absolute Gasteiger partial charge is 0.235 e. The molecule has 152 valence electrons. The highest BCUT2D eigenvalue weighted by atomic mass is 16.5. The molecule has 1 aliphatic rings. The molecule has 5 nitrogen and oxygen atoms in total. The van der Waals surface area contributed by atoms with Gasteiger partial charge >= 0.3 is 0 Å². The zero-order valence-electron chi connectivity index (χ0n) is 17.2.